The number of nitrogens with zero attached hydrogens (tertiary/aromatic N) is 2. The highest BCUT2D eigenvalue weighted by atomic mass is 16.5. The van der Waals surface area contributed by atoms with Gasteiger partial charge in [-0.2, -0.15) is 0 Å². The van der Waals surface area contributed by atoms with Gasteiger partial charge in [0.15, 0.2) is 12.2 Å². The van der Waals surface area contributed by atoms with E-state index in [9.17, 15) is 19.5 Å². The predicted molar refractivity (Wildman–Crippen MR) is 111 cm³/mol. The van der Waals surface area contributed by atoms with Crippen LogP contribution >= 0.6 is 0 Å². The summed E-state index contributed by atoms with van der Waals surface area (Å²) in [6.45, 7) is 0.647. The normalized spacial score (nSPS) is 18.9. The molecule has 2 atom stereocenters. The summed E-state index contributed by atoms with van der Waals surface area (Å²) >= 11 is 0. The van der Waals surface area contributed by atoms with Gasteiger partial charge in [-0.25, -0.2) is 4.79 Å². The Kier molecular flexibility index (Phi) is 5.40. The lowest BCUT2D eigenvalue weighted by Gasteiger charge is -2.34. The van der Waals surface area contributed by atoms with Crippen LogP contribution in [-0.4, -0.2) is 59.2 Å². The van der Waals surface area contributed by atoms with Crippen LogP contribution in [0.15, 0.2) is 47.5 Å². The molecule has 10 heteroatoms. The number of rotatable bonds is 5. The number of hydrogen-bond donors (Lipinski definition) is 4. The van der Waals surface area contributed by atoms with Gasteiger partial charge in [-0.05, 0) is 42.0 Å². The van der Waals surface area contributed by atoms with Crippen molar-refractivity contribution < 1.29 is 29.3 Å². The number of carbonyl (C=O) groups excluding carboxylic acids is 2. The van der Waals surface area contributed by atoms with E-state index in [1.807, 2.05) is 0 Å². The summed E-state index contributed by atoms with van der Waals surface area (Å²) in [5.41, 5.74) is 8.22. The number of nitrogens with two attached hydrogens (primary N) is 1. The molecule has 2 aliphatic rings. The molecule has 2 aromatic carbocycles. The van der Waals surface area contributed by atoms with Gasteiger partial charge in [0, 0.05) is 23.5 Å². The van der Waals surface area contributed by atoms with Crippen molar-refractivity contribution in [2.75, 3.05) is 23.4 Å². The predicted octanol–water partition coefficient (Wildman–Crippen LogP) is 0.335. The van der Waals surface area contributed by atoms with Gasteiger partial charge in [-0.1, -0.05) is 6.07 Å². The van der Waals surface area contributed by atoms with Gasteiger partial charge in [-0.15, -0.1) is 0 Å². The van der Waals surface area contributed by atoms with Gasteiger partial charge in [0.2, 0.25) is 0 Å². The number of aromatic carboxylic acids is 1. The summed E-state index contributed by atoms with van der Waals surface area (Å²) in [6, 6.07) is 10.9. The lowest BCUT2D eigenvalue weighted by atomic mass is 10.1. The molecule has 2 heterocycles. The molecule has 1 fully saturated rings. The molecular weight excluding hydrogens is 404 g/mol. The van der Waals surface area contributed by atoms with Gasteiger partial charge in [0.05, 0.1) is 18.7 Å². The molecule has 2 unspecified atom stereocenters. The third kappa shape index (κ3) is 3.98. The Bertz CT molecular complexity index is 1100. The molecule has 0 radical (unpaired) electrons. The van der Waals surface area contributed by atoms with Crippen molar-refractivity contribution in [2.24, 2.45) is 10.7 Å². The van der Waals surface area contributed by atoms with Gasteiger partial charge < -0.3 is 30.9 Å². The zero-order valence-corrected chi connectivity index (χ0v) is 16.3. The Morgan fingerprint density at radius 1 is 1.26 bits per heavy atom. The second-order valence-corrected chi connectivity index (χ2v) is 7.14. The molecule has 4 rings (SSSR count). The number of benzene rings is 2. The van der Waals surface area contributed by atoms with Crippen molar-refractivity contribution in [3.05, 3.63) is 59.2 Å². The van der Waals surface area contributed by atoms with Crippen molar-refractivity contribution in [1.29, 1.82) is 0 Å². The van der Waals surface area contributed by atoms with Crippen molar-refractivity contribution in [2.45, 2.75) is 18.8 Å². The summed E-state index contributed by atoms with van der Waals surface area (Å²) < 4.78 is 5.38. The number of anilines is 2. The topological polar surface area (TPSA) is 155 Å². The van der Waals surface area contributed by atoms with Crippen LogP contribution in [0.1, 0.15) is 21.5 Å². The van der Waals surface area contributed by atoms with Crippen LogP contribution < -0.4 is 16.0 Å². The number of aliphatic hydroxyl groups is 1. The second-order valence-electron chi connectivity index (χ2n) is 7.14. The summed E-state index contributed by atoms with van der Waals surface area (Å²) in [7, 11) is 0. The largest absolute Gasteiger partial charge is 0.478 e. The number of aliphatic hydroxyl groups excluding tert-OH is 1. The first-order chi connectivity index (χ1) is 14.8. The number of ether oxygens (including phenoxy) is 1. The van der Waals surface area contributed by atoms with Crippen LogP contribution in [0.4, 0.5) is 11.4 Å². The number of morpholine rings is 1. The van der Waals surface area contributed by atoms with Crippen LogP contribution in [0.25, 0.3) is 0 Å². The van der Waals surface area contributed by atoms with E-state index in [0.29, 0.717) is 23.8 Å². The van der Waals surface area contributed by atoms with Gasteiger partial charge in [0.25, 0.3) is 11.8 Å². The highest BCUT2D eigenvalue weighted by Crippen LogP contribution is 2.24. The van der Waals surface area contributed by atoms with E-state index in [1.54, 1.807) is 24.3 Å². The first-order valence-corrected chi connectivity index (χ1v) is 9.53. The molecular formula is C21H20N4O6. The first-order valence-electron chi connectivity index (χ1n) is 9.53. The minimum atomic E-state index is -1.76. The molecule has 0 aromatic heterocycles. The van der Waals surface area contributed by atoms with Crippen LogP contribution in [-0.2, 0) is 20.9 Å². The second kappa shape index (κ2) is 8.17. The summed E-state index contributed by atoms with van der Waals surface area (Å²) in [5, 5.41) is 22.2. The smallest absolute Gasteiger partial charge is 0.335 e. The van der Waals surface area contributed by atoms with E-state index in [-0.39, 0.29) is 18.7 Å². The maximum atomic E-state index is 12.9. The number of carboxylic acids is 1. The quantitative estimate of drug-likeness (QED) is 0.539. The maximum Gasteiger partial charge on any atom is 0.335 e. The number of carboxylic acid groups (broad SMARTS) is 1. The third-order valence-corrected chi connectivity index (χ3v) is 5.15. The molecule has 10 nitrogen and oxygen atoms in total. The summed E-state index contributed by atoms with van der Waals surface area (Å²) in [6.07, 6.45) is -3.18. The average molecular weight is 424 g/mol. The first kappa shape index (κ1) is 20.5. The van der Waals surface area contributed by atoms with Crippen molar-refractivity contribution in [1.82, 2.24) is 0 Å². The maximum absolute atomic E-state index is 12.9. The number of nitrogens with one attached hydrogen (secondary N) is 1. The Balaban J connectivity index is 1.47. The van der Waals surface area contributed by atoms with E-state index in [1.165, 1.54) is 23.1 Å². The highest BCUT2D eigenvalue weighted by molar-refractivity contribution is 6.05. The lowest BCUT2D eigenvalue weighted by Crippen LogP contribution is -2.55. The Morgan fingerprint density at radius 2 is 2.06 bits per heavy atom. The molecule has 0 aliphatic carbocycles. The monoisotopic (exact) mass is 424 g/mol. The molecule has 31 heavy (non-hydrogen) atoms. The number of aliphatic imine (C=N–C) groups is 1. The van der Waals surface area contributed by atoms with E-state index in [4.69, 9.17) is 15.6 Å². The van der Waals surface area contributed by atoms with Gasteiger partial charge in [0.1, 0.15) is 5.84 Å². The van der Waals surface area contributed by atoms with Crippen molar-refractivity contribution in [3.8, 4) is 0 Å². The van der Waals surface area contributed by atoms with Crippen LogP contribution in [0, 0.1) is 0 Å². The fraction of sp³-hybridized carbons (Fsp3) is 0.238. The highest BCUT2D eigenvalue weighted by Gasteiger charge is 2.39. The average Bonchev–Trinajstić information content (AvgIpc) is 3.13. The van der Waals surface area contributed by atoms with Crippen LogP contribution in [0.3, 0.4) is 0 Å². The number of amidine groups is 1. The minimum Gasteiger partial charge on any atom is -0.478 e. The molecule has 0 bridgehead atoms. The number of fused-ring (bicyclic) bond motifs is 1. The zero-order valence-electron chi connectivity index (χ0n) is 16.3. The van der Waals surface area contributed by atoms with Crippen molar-refractivity contribution >= 4 is 35.0 Å². The Hall–Kier alpha value is -3.76. The SMILES string of the molecule is NC1=NCc2cc(NC(=O)C(O)C3OCCN(c4cccc(C(=O)O)c4)C3=O)ccc21. The lowest BCUT2D eigenvalue weighted by molar-refractivity contribution is -0.150. The number of hydrogen-bond acceptors (Lipinski definition) is 7. The fourth-order valence-corrected chi connectivity index (χ4v) is 3.56. The van der Waals surface area contributed by atoms with Crippen LogP contribution in [0.2, 0.25) is 0 Å². The molecule has 2 aliphatic heterocycles. The molecule has 0 spiro atoms. The van der Waals surface area contributed by atoms with E-state index in [0.717, 1.165) is 11.1 Å². The van der Waals surface area contributed by atoms with E-state index in [2.05, 4.69) is 10.3 Å². The molecule has 2 aromatic rings. The standard InChI is InChI=1S/C21H20N4O6/c22-18-15-5-4-13(8-12(15)10-23-18)24-19(27)16(26)17-20(28)25(6-7-31-17)14-3-1-2-11(9-14)21(29)30/h1-5,8-9,16-17,26H,6-7,10H2,(H2,22,23)(H,24,27)(H,29,30). The molecule has 160 valence electrons. The molecule has 5 N–H and O–H groups in total. The number of carbonyl (C=O) groups is 3. The Labute approximate surface area is 176 Å². The number of amides is 2. The molecule has 1 saturated heterocycles. The Morgan fingerprint density at radius 3 is 2.84 bits per heavy atom. The zero-order chi connectivity index (χ0) is 22.1. The minimum absolute atomic E-state index is 0.0212. The van der Waals surface area contributed by atoms with E-state index >= 15 is 0 Å². The van der Waals surface area contributed by atoms with E-state index < -0.39 is 30.0 Å². The molecule has 2 amide bonds. The fourth-order valence-electron chi connectivity index (χ4n) is 3.56. The van der Waals surface area contributed by atoms with Gasteiger partial charge >= 0.3 is 5.97 Å². The third-order valence-electron chi connectivity index (χ3n) is 5.15. The molecule has 0 saturated carbocycles. The summed E-state index contributed by atoms with van der Waals surface area (Å²) in [4.78, 5) is 42.1. The van der Waals surface area contributed by atoms with Crippen LogP contribution in [0.5, 0.6) is 0 Å². The van der Waals surface area contributed by atoms with Gasteiger partial charge in [-0.3, -0.25) is 14.6 Å². The summed E-state index contributed by atoms with van der Waals surface area (Å²) in [5.74, 6) is -2.13. The van der Waals surface area contributed by atoms with Crippen molar-refractivity contribution in [3.63, 3.8) is 0 Å².